The molecule has 0 aliphatic rings. The standard InChI is InChI=1S/C7H5FN2S.CH3F/c8-4-1-2-5-6(3-4)11-7(9)10-5;1-2/h1-3H,(H2,9,10);1H3. The number of hydrogen-bond donors (Lipinski definition) is 1. The number of hydrogen-bond acceptors (Lipinski definition) is 3. The van der Waals surface area contributed by atoms with E-state index in [-0.39, 0.29) is 5.82 Å². The molecule has 1 aromatic carbocycles. The summed E-state index contributed by atoms with van der Waals surface area (Å²) in [4.78, 5) is 3.98. The Hall–Kier alpha value is -1.23. The van der Waals surface area contributed by atoms with Gasteiger partial charge in [0, 0.05) is 0 Å². The summed E-state index contributed by atoms with van der Waals surface area (Å²) in [5, 5.41) is 0.477. The van der Waals surface area contributed by atoms with Crippen LogP contribution in [0.3, 0.4) is 0 Å². The third-order valence-electron chi connectivity index (χ3n) is 1.37. The first kappa shape index (κ1) is 9.85. The second kappa shape index (κ2) is 4.13. The van der Waals surface area contributed by atoms with Crippen LogP contribution in [0.25, 0.3) is 10.2 Å². The molecule has 0 amide bonds. The van der Waals surface area contributed by atoms with Gasteiger partial charge in [0.05, 0.1) is 17.4 Å². The topological polar surface area (TPSA) is 38.9 Å². The molecule has 0 saturated heterocycles. The second-order valence-corrected chi connectivity index (χ2v) is 3.23. The summed E-state index contributed by atoms with van der Waals surface area (Å²) in [5.74, 6) is -0.249. The van der Waals surface area contributed by atoms with Gasteiger partial charge in [0.2, 0.25) is 0 Å². The summed E-state index contributed by atoms with van der Waals surface area (Å²) in [6, 6.07) is 4.43. The molecule has 0 bridgehead atoms. The van der Waals surface area contributed by atoms with Gasteiger partial charge >= 0.3 is 0 Å². The Labute approximate surface area is 78.0 Å². The normalized spacial score (nSPS) is 9.46. The molecule has 2 rings (SSSR count). The van der Waals surface area contributed by atoms with Crippen LogP contribution in [0.5, 0.6) is 0 Å². The molecule has 0 aliphatic carbocycles. The van der Waals surface area contributed by atoms with Gasteiger partial charge in [-0.2, -0.15) is 0 Å². The van der Waals surface area contributed by atoms with E-state index in [1.807, 2.05) is 0 Å². The monoisotopic (exact) mass is 202 g/mol. The van der Waals surface area contributed by atoms with Gasteiger partial charge in [-0.3, -0.25) is 4.39 Å². The first-order valence-electron chi connectivity index (χ1n) is 3.45. The average molecular weight is 202 g/mol. The molecule has 2 N–H and O–H groups in total. The van der Waals surface area contributed by atoms with E-state index in [0.717, 1.165) is 10.2 Å². The molecule has 1 heterocycles. The highest BCUT2D eigenvalue weighted by Gasteiger charge is 2.00. The molecular weight excluding hydrogens is 194 g/mol. The first-order valence-corrected chi connectivity index (χ1v) is 4.27. The average Bonchev–Trinajstić information content (AvgIpc) is 2.48. The summed E-state index contributed by atoms with van der Waals surface area (Å²) in [5.41, 5.74) is 6.18. The summed E-state index contributed by atoms with van der Waals surface area (Å²) in [6.07, 6.45) is 0. The molecule has 0 spiro atoms. The first-order chi connectivity index (χ1) is 6.25. The number of thiazole rings is 1. The lowest BCUT2D eigenvalue weighted by molar-refractivity contribution is 0.630. The van der Waals surface area contributed by atoms with E-state index in [1.165, 1.54) is 23.5 Å². The Bertz CT molecular complexity index is 400. The fourth-order valence-corrected chi connectivity index (χ4v) is 1.68. The van der Waals surface area contributed by atoms with Crippen LogP contribution < -0.4 is 5.73 Å². The minimum Gasteiger partial charge on any atom is -0.375 e. The number of fused-ring (bicyclic) bond motifs is 1. The molecule has 5 heteroatoms. The molecule has 0 aliphatic heterocycles. The maximum Gasteiger partial charge on any atom is 0.181 e. The molecular formula is C8H8F2N2S. The number of halogens is 2. The van der Waals surface area contributed by atoms with E-state index in [2.05, 4.69) is 4.98 Å². The van der Waals surface area contributed by atoms with Crippen LogP contribution in [0.2, 0.25) is 0 Å². The zero-order valence-corrected chi connectivity index (χ0v) is 7.74. The number of nitrogens with two attached hydrogens (primary N) is 1. The number of rotatable bonds is 0. The molecule has 70 valence electrons. The Balaban J connectivity index is 0.000000396. The highest BCUT2D eigenvalue weighted by Crippen LogP contribution is 2.23. The van der Waals surface area contributed by atoms with Gasteiger partial charge in [-0.15, -0.1) is 0 Å². The summed E-state index contributed by atoms with van der Waals surface area (Å²) in [7, 11) is 0.500. The van der Waals surface area contributed by atoms with Crippen LogP contribution in [-0.4, -0.2) is 12.2 Å². The SMILES string of the molecule is CF.Nc1nc2ccc(F)cc2s1. The Morgan fingerprint density at radius 2 is 2.08 bits per heavy atom. The van der Waals surface area contributed by atoms with E-state index in [0.29, 0.717) is 12.3 Å². The van der Waals surface area contributed by atoms with Crippen molar-refractivity contribution in [3.63, 3.8) is 0 Å². The Kier molecular flexibility index (Phi) is 3.13. The molecule has 0 atom stereocenters. The predicted octanol–water partition coefficient (Wildman–Crippen LogP) is 2.60. The number of alkyl halides is 1. The minimum atomic E-state index is -0.249. The van der Waals surface area contributed by atoms with Gasteiger partial charge in [0.25, 0.3) is 0 Å². The summed E-state index contributed by atoms with van der Waals surface area (Å²) in [6.45, 7) is 0. The molecule has 0 fully saturated rings. The van der Waals surface area contributed by atoms with Gasteiger partial charge in [-0.05, 0) is 18.2 Å². The largest absolute Gasteiger partial charge is 0.375 e. The lowest BCUT2D eigenvalue weighted by Crippen LogP contribution is -1.78. The summed E-state index contributed by atoms with van der Waals surface area (Å²) < 4.78 is 22.9. The van der Waals surface area contributed by atoms with E-state index >= 15 is 0 Å². The fraction of sp³-hybridized carbons (Fsp3) is 0.125. The third-order valence-corrected chi connectivity index (χ3v) is 2.21. The van der Waals surface area contributed by atoms with Crippen molar-refractivity contribution in [1.82, 2.24) is 4.98 Å². The van der Waals surface area contributed by atoms with Crippen LogP contribution in [0, 0.1) is 5.82 Å². The van der Waals surface area contributed by atoms with Crippen molar-refractivity contribution in [2.24, 2.45) is 0 Å². The molecule has 13 heavy (non-hydrogen) atoms. The van der Waals surface area contributed by atoms with Crippen LogP contribution in [0.4, 0.5) is 13.9 Å². The van der Waals surface area contributed by atoms with E-state index < -0.39 is 0 Å². The second-order valence-electron chi connectivity index (χ2n) is 2.16. The van der Waals surface area contributed by atoms with Gasteiger partial charge < -0.3 is 5.73 Å². The van der Waals surface area contributed by atoms with E-state index in [4.69, 9.17) is 5.73 Å². The number of nitrogen functional groups attached to an aromatic ring is 1. The van der Waals surface area contributed by atoms with Crippen LogP contribution in [-0.2, 0) is 0 Å². The maximum absolute atomic E-state index is 12.6. The molecule has 0 unspecified atom stereocenters. The van der Waals surface area contributed by atoms with Gasteiger partial charge in [0.15, 0.2) is 5.13 Å². The molecule has 0 saturated carbocycles. The number of benzene rings is 1. The third kappa shape index (κ3) is 2.12. The molecule has 2 aromatic rings. The molecule has 0 radical (unpaired) electrons. The van der Waals surface area contributed by atoms with Crippen molar-refractivity contribution in [2.45, 2.75) is 0 Å². The number of anilines is 1. The smallest absolute Gasteiger partial charge is 0.181 e. The lowest BCUT2D eigenvalue weighted by atomic mass is 10.3. The van der Waals surface area contributed by atoms with Gasteiger partial charge in [0.1, 0.15) is 5.82 Å². The van der Waals surface area contributed by atoms with Gasteiger partial charge in [-0.25, -0.2) is 9.37 Å². The van der Waals surface area contributed by atoms with Crippen LogP contribution in [0.15, 0.2) is 18.2 Å². The number of aromatic nitrogens is 1. The predicted molar refractivity (Wildman–Crippen MR) is 51.0 cm³/mol. The number of nitrogens with zero attached hydrogens (tertiary/aromatic N) is 1. The van der Waals surface area contributed by atoms with Crippen LogP contribution in [0.1, 0.15) is 0 Å². The zero-order valence-electron chi connectivity index (χ0n) is 6.92. The van der Waals surface area contributed by atoms with Crippen molar-refractivity contribution < 1.29 is 8.78 Å². The van der Waals surface area contributed by atoms with E-state index in [9.17, 15) is 8.78 Å². The van der Waals surface area contributed by atoms with Gasteiger partial charge in [-0.1, -0.05) is 11.3 Å². The Morgan fingerprint density at radius 3 is 2.77 bits per heavy atom. The molecule has 1 aromatic heterocycles. The van der Waals surface area contributed by atoms with Crippen molar-refractivity contribution in [3.05, 3.63) is 24.0 Å². The highest BCUT2D eigenvalue weighted by atomic mass is 32.1. The quantitative estimate of drug-likeness (QED) is 0.713. The van der Waals surface area contributed by atoms with Crippen molar-refractivity contribution in [2.75, 3.05) is 12.9 Å². The van der Waals surface area contributed by atoms with Crippen molar-refractivity contribution >= 4 is 26.7 Å². The van der Waals surface area contributed by atoms with Crippen molar-refractivity contribution in [1.29, 1.82) is 0 Å². The van der Waals surface area contributed by atoms with E-state index in [1.54, 1.807) is 6.07 Å². The maximum atomic E-state index is 12.6. The fourth-order valence-electron chi connectivity index (χ4n) is 0.916. The minimum absolute atomic E-state index is 0.249. The highest BCUT2D eigenvalue weighted by molar-refractivity contribution is 7.22. The van der Waals surface area contributed by atoms with Crippen molar-refractivity contribution in [3.8, 4) is 0 Å². The lowest BCUT2D eigenvalue weighted by Gasteiger charge is -1.85. The Morgan fingerprint density at radius 1 is 1.38 bits per heavy atom. The summed E-state index contributed by atoms with van der Waals surface area (Å²) >= 11 is 1.29. The zero-order chi connectivity index (χ0) is 9.84. The molecule has 2 nitrogen and oxygen atoms in total. The van der Waals surface area contributed by atoms with Crippen LogP contribution >= 0.6 is 11.3 Å².